The van der Waals surface area contributed by atoms with Crippen LogP contribution >= 0.6 is 0 Å². The molecule has 0 radical (unpaired) electrons. The summed E-state index contributed by atoms with van der Waals surface area (Å²) in [6.07, 6.45) is 1.51. The molecule has 0 aliphatic carbocycles. The molecule has 1 aromatic carbocycles. The Morgan fingerprint density at radius 1 is 1.19 bits per heavy atom. The van der Waals surface area contributed by atoms with E-state index in [9.17, 15) is 9.59 Å². The molecule has 2 heterocycles. The van der Waals surface area contributed by atoms with Gasteiger partial charge < -0.3 is 10.6 Å². The SMILES string of the molecule is O=C1CN2C(=O)c3ccccc3NC2=CN1. The van der Waals surface area contributed by atoms with Crippen molar-refractivity contribution in [2.45, 2.75) is 0 Å². The minimum Gasteiger partial charge on any atom is -0.340 e. The van der Waals surface area contributed by atoms with E-state index in [1.165, 1.54) is 11.1 Å². The van der Waals surface area contributed by atoms with Crippen LogP contribution in [0, 0.1) is 0 Å². The Kier molecular flexibility index (Phi) is 1.73. The topological polar surface area (TPSA) is 61.4 Å². The van der Waals surface area contributed by atoms with Crippen LogP contribution in [0.25, 0.3) is 0 Å². The number of para-hydroxylation sites is 1. The second-order valence-corrected chi connectivity index (χ2v) is 3.66. The molecule has 0 fully saturated rings. The molecule has 2 aliphatic heterocycles. The van der Waals surface area contributed by atoms with E-state index >= 15 is 0 Å². The molecule has 0 unspecified atom stereocenters. The highest BCUT2D eigenvalue weighted by molar-refractivity contribution is 6.05. The molecule has 3 rings (SSSR count). The summed E-state index contributed by atoms with van der Waals surface area (Å²) in [6, 6.07) is 7.24. The molecule has 0 spiro atoms. The number of fused-ring (bicyclic) bond motifs is 2. The van der Waals surface area contributed by atoms with Gasteiger partial charge in [0.05, 0.1) is 11.3 Å². The van der Waals surface area contributed by atoms with Gasteiger partial charge in [-0.3, -0.25) is 14.5 Å². The van der Waals surface area contributed by atoms with Gasteiger partial charge in [0.25, 0.3) is 5.91 Å². The first-order chi connectivity index (χ1) is 7.75. The second-order valence-electron chi connectivity index (χ2n) is 3.66. The standard InChI is InChI=1S/C11H9N3O2/c15-10-6-14-9(5-12-10)13-8-4-2-1-3-7(8)11(14)16/h1-5,13H,6H2,(H,12,15). The van der Waals surface area contributed by atoms with Crippen LogP contribution in [0.5, 0.6) is 0 Å². The maximum atomic E-state index is 12.1. The molecule has 5 nitrogen and oxygen atoms in total. The summed E-state index contributed by atoms with van der Waals surface area (Å²) in [5.41, 5.74) is 1.36. The zero-order valence-electron chi connectivity index (χ0n) is 8.36. The molecular weight excluding hydrogens is 206 g/mol. The molecule has 0 saturated heterocycles. The molecule has 2 aliphatic rings. The van der Waals surface area contributed by atoms with Crippen molar-refractivity contribution in [3.05, 3.63) is 41.8 Å². The number of hydrogen-bond donors (Lipinski definition) is 2. The fourth-order valence-electron chi connectivity index (χ4n) is 1.85. The molecule has 5 heteroatoms. The van der Waals surface area contributed by atoms with E-state index in [0.29, 0.717) is 11.4 Å². The van der Waals surface area contributed by atoms with Crippen molar-refractivity contribution in [3.8, 4) is 0 Å². The van der Waals surface area contributed by atoms with Gasteiger partial charge in [0.2, 0.25) is 5.91 Å². The van der Waals surface area contributed by atoms with Crippen molar-refractivity contribution >= 4 is 17.5 Å². The highest BCUT2D eigenvalue weighted by Gasteiger charge is 2.31. The zero-order valence-corrected chi connectivity index (χ0v) is 8.36. The van der Waals surface area contributed by atoms with Crippen LogP contribution in [0.4, 0.5) is 5.69 Å². The molecular formula is C11H9N3O2. The minimum absolute atomic E-state index is 0.0615. The Morgan fingerprint density at radius 3 is 2.88 bits per heavy atom. The molecule has 16 heavy (non-hydrogen) atoms. The highest BCUT2D eigenvalue weighted by Crippen LogP contribution is 2.27. The predicted molar refractivity (Wildman–Crippen MR) is 57.3 cm³/mol. The number of carbonyl (C=O) groups excluding carboxylic acids is 2. The lowest BCUT2D eigenvalue weighted by atomic mass is 10.1. The van der Waals surface area contributed by atoms with Gasteiger partial charge in [0.15, 0.2) is 0 Å². The number of benzene rings is 1. The summed E-state index contributed by atoms with van der Waals surface area (Å²) >= 11 is 0. The average Bonchev–Trinajstić information content (AvgIpc) is 2.31. The van der Waals surface area contributed by atoms with Crippen LogP contribution < -0.4 is 10.6 Å². The minimum atomic E-state index is -0.182. The number of nitrogens with zero attached hydrogens (tertiary/aromatic N) is 1. The Morgan fingerprint density at radius 2 is 2.00 bits per heavy atom. The van der Waals surface area contributed by atoms with Crippen molar-refractivity contribution in [1.82, 2.24) is 10.2 Å². The maximum absolute atomic E-state index is 12.1. The monoisotopic (exact) mass is 215 g/mol. The van der Waals surface area contributed by atoms with Crippen LogP contribution in [-0.4, -0.2) is 23.3 Å². The fourth-order valence-corrected chi connectivity index (χ4v) is 1.85. The van der Waals surface area contributed by atoms with E-state index in [1.54, 1.807) is 12.1 Å². The Bertz CT molecular complexity index is 522. The lowest BCUT2D eigenvalue weighted by Gasteiger charge is -2.33. The number of amides is 2. The van der Waals surface area contributed by atoms with Gasteiger partial charge in [0, 0.05) is 6.20 Å². The molecule has 0 aromatic heterocycles. The Balaban J connectivity index is 2.10. The normalized spacial score (nSPS) is 18.0. The smallest absolute Gasteiger partial charge is 0.262 e. The molecule has 2 N–H and O–H groups in total. The van der Waals surface area contributed by atoms with Crippen LogP contribution in [0.15, 0.2) is 36.3 Å². The van der Waals surface area contributed by atoms with Gasteiger partial charge >= 0.3 is 0 Å². The lowest BCUT2D eigenvalue weighted by molar-refractivity contribution is -0.121. The molecule has 80 valence electrons. The second kappa shape index (κ2) is 3.10. The van der Waals surface area contributed by atoms with Crippen molar-refractivity contribution < 1.29 is 9.59 Å². The van der Waals surface area contributed by atoms with Gasteiger partial charge in [-0.2, -0.15) is 0 Å². The molecule has 1 aromatic rings. The molecule has 2 amide bonds. The largest absolute Gasteiger partial charge is 0.340 e. The van der Waals surface area contributed by atoms with Gasteiger partial charge in [-0.05, 0) is 12.1 Å². The fraction of sp³-hybridized carbons (Fsp3) is 0.0909. The van der Waals surface area contributed by atoms with E-state index in [4.69, 9.17) is 0 Å². The summed E-state index contributed by atoms with van der Waals surface area (Å²) < 4.78 is 0. The molecule has 0 bridgehead atoms. The summed E-state index contributed by atoms with van der Waals surface area (Å²) in [6.45, 7) is 0.0615. The van der Waals surface area contributed by atoms with E-state index in [-0.39, 0.29) is 18.4 Å². The van der Waals surface area contributed by atoms with Crippen LogP contribution in [-0.2, 0) is 4.79 Å². The third kappa shape index (κ3) is 1.18. The number of hydrogen-bond acceptors (Lipinski definition) is 3. The van der Waals surface area contributed by atoms with Crippen LogP contribution in [0.2, 0.25) is 0 Å². The summed E-state index contributed by atoms with van der Waals surface area (Å²) in [5, 5.41) is 5.68. The lowest BCUT2D eigenvalue weighted by Crippen LogP contribution is -2.47. The maximum Gasteiger partial charge on any atom is 0.262 e. The Hall–Kier alpha value is -2.30. The quantitative estimate of drug-likeness (QED) is 0.661. The first kappa shape index (κ1) is 8.96. The number of nitrogens with one attached hydrogen (secondary N) is 2. The molecule has 0 saturated carbocycles. The van der Waals surface area contributed by atoms with Crippen LogP contribution in [0.3, 0.4) is 0 Å². The van der Waals surface area contributed by atoms with Gasteiger partial charge in [-0.1, -0.05) is 12.1 Å². The number of rotatable bonds is 0. The van der Waals surface area contributed by atoms with E-state index in [0.717, 1.165) is 5.69 Å². The molecule has 0 atom stereocenters. The third-order valence-electron chi connectivity index (χ3n) is 2.63. The Labute approximate surface area is 91.7 Å². The number of anilines is 1. The van der Waals surface area contributed by atoms with Crippen molar-refractivity contribution in [3.63, 3.8) is 0 Å². The van der Waals surface area contributed by atoms with E-state index in [1.807, 2.05) is 12.1 Å². The van der Waals surface area contributed by atoms with Gasteiger partial charge in [0.1, 0.15) is 12.4 Å². The summed E-state index contributed by atoms with van der Waals surface area (Å²) in [4.78, 5) is 24.7. The summed E-state index contributed by atoms with van der Waals surface area (Å²) in [5.74, 6) is 0.289. The van der Waals surface area contributed by atoms with Crippen molar-refractivity contribution in [2.24, 2.45) is 0 Å². The van der Waals surface area contributed by atoms with Crippen LogP contribution in [0.1, 0.15) is 10.4 Å². The predicted octanol–water partition coefficient (Wildman–Crippen LogP) is 0.483. The highest BCUT2D eigenvalue weighted by atomic mass is 16.2. The first-order valence-corrected chi connectivity index (χ1v) is 4.93. The van der Waals surface area contributed by atoms with Crippen molar-refractivity contribution in [2.75, 3.05) is 11.9 Å². The van der Waals surface area contributed by atoms with E-state index < -0.39 is 0 Å². The van der Waals surface area contributed by atoms with Gasteiger partial charge in [-0.15, -0.1) is 0 Å². The average molecular weight is 215 g/mol. The van der Waals surface area contributed by atoms with Crippen molar-refractivity contribution in [1.29, 1.82) is 0 Å². The van der Waals surface area contributed by atoms with Gasteiger partial charge in [-0.25, -0.2) is 0 Å². The third-order valence-corrected chi connectivity index (χ3v) is 2.63. The summed E-state index contributed by atoms with van der Waals surface area (Å²) in [7, 11) is 0. The zero-order chi connectivity index (χ0) is 11.1. The first-order valence-electron chi connectivity index (χ1n) is 4.93. The number of carbonyl (C=O) groups is 2. The van der Waals surface area contributed by atoms with E-state index in [2.05, 4.69) is 10.6 Å².